The number of ether oxygens (including phenoxy) is 1. The van der Waals surface area contributed by atoms with Crippen LogP contribution in [0.3, 0.4) is 0 Å². The van der Waals surface area contributed by atoms with Gasteiger partial charge in [0.2, 0.25) is 0 Å². The van der Waals surface area contributed by atoms with E-state index < -0.39 is 20.5 Å². The van der Waals surface area contributed by atoms with E-state index in [-0.39, 0.29) is 12.5 Å². The zero-order valence-electron chi connectivity index (χ0n) is 14.7. The average Bonchev–Trinajstić information content (AvgIpc) is 3.31. The molecule has 2 aromatic carbocycles. The second kappa shape index (κ2) is 6.90. The van der Waals surface area contributed by atoms with Crippen molar-refractivity contribution < 1.29 is 13.2 Å². The third-order valence-corrected chi connectivity index (χ3v) is 7.52. The highest BCUT2D eigenvalue weighted by atomic mass is 32.2. The van der Waals surface area contributed by atoms with E-state index in [0.717, 1.165) is 11.1 Å². The highest BCUT2D eigenvalue weighted by molar-refractivity contribution is 7.92. The number of aryl methyl sites for hydroxylation is 1. The van der Waals surface area contributed by atoms with Gasteiger partial charge in [-0.15, -0.1) is 0 Å². The zero-order chi connectivity index (χ0) is 18.1. The Labute approximate surface area is 149 Å². The maximum absolute atomic E-state index is 13.3. The number of hydrogen-bond acceptors (Lipinski definition) is 4. The van der Waals surface area contributed by atoms with E-state index in [2.05, 4.69) is 0 Å². The minimum absolute atomic E-state index is 0.142. The van der Waals surface area contributed by atoms with Crippen molar-refractivity contribution in [3.8, 4) is 0 Å². The molecule has 0 spiro atoms. The van der Waals surface area contributed by atoms with Gasteiger partial charge in [0.1, 0.15) is 0 Å². The molecule has 0 heterocycles. The fourth-order valence-electron chi connectivity index (χ4n) is 3.75. The molecule has 1 saturated carbocycles. The topological polar surface area (TPSA) is 69.4 Å². The van der Waals surface area contributed by atoms with E-state index in [1.165, 1.54) is 0 Å². The molecule has 3 atom stereocenters. The zero-order valence-corrected chi connectivity index (χ0v) is 15.5. The van der Waals surface area contributed by atoms with Gasteiger partial charge < -0.3 is 10.5 Å². The molecule has 1 fully saturated rings. The molecule has 0 aromatic heterocycles. The van der Waals surface area contributed by atoms with Gasteiger partial charge >= 0.3 is 0 Å². The number of rotatable bonds is 7. The highest BCUT2D eigenvalue weighted by Gasteiger charge is 2.70. The summed E-state index contributed by atoms with van der Waals surface area (Å²) >= 11 is 0. The molecule has 0 radical (unpaired) electrons. The van der Waals surface area contributed by atoms with Gasteiger partial charge in [0.25, 0.3) is 0 Å². The molecule has 0 bridgehead atoms. The molecule has 2 aromatic rings. The molecular formula is C20H25NO3S. The third-order valence-electron chi connectivity index (χ3n) is 5.18. The summed E-state index contributed by atoms with van der Waals surface area (Å²) < 4.78 is 32.3. The predicted molar refractivity (Wildman–Crippen MR) is 99.3 cm³/mol. The van der Waals surface area contributed by atoms with Crippen LogP contribution in [-0.2, 0) is 14.6 Å². The number of benzene rings is 2. The molecule has 1 aliphatic rings. The molecule has 3 rings (SSSR count). The first kappa shape index (κ1) is 18.1. The van der Waals surface area contributed by atoms with Gasteiger partial charge in [-0.2, -0.15) is 0 Å². The summed E-state index contributed by atoms with van der Waals surface area (Å²) in [7, 11) is -3.49. The Hall–Kier alpha value is -1.69. The molecule has 1 aliphatic carbocycles. The SMILES string of the molecule is CCOC[C@]1(CN)[C@@H](c2ccccc2)[C@@H]1S(=O)(=O)c1ccc(C)cc1. The van der Waals surface area contributed by atoms with Crippen molar-refractivity contribution in [3.05, 3.63) is 65.7 Å². The minimum atomic E-state index is -3.49. The van der Waals surface area contributed by atoms with Crippen molar-refractivity contribution in [1.82, 2.24) is 0 Å². The van der Waals surface area contributed by atoms with Gasteiger partial charge in [-0.3, -0.25) is 0 Å². The molecular weight excluding hydrogens is 334 g/mol. The first-order valence-electron chi connectivity index (χ1n) is 8.60. The number of sulfone groups is 1. The maximum atomic E-state index is 13.3. The molecule has 4 nitrogen and oxygen atoms in total. The van der Waals surface area contributed by atoms with Gasteiger partial charge in [0.05, 0.1) is 16.8 Å². The molecule has 0 unspecified atom stereocenters. The Balaban J connectivity index is 2.03. The normalized spacial score (nSPS) is 25.7. The van der Waals surface area contributed by atoms with Crippen LogP contribution < -0.4 is 5.73 Å². The lowest BCUT2D eigenvalue weighted by Gasteiger charge is -2.16. The predicted octanol–water partition coefficient (Wildman–Crippen LogP) is 2.92. The molecule has 2 N–H and O–H groups in total. The first-order chi connectivity index (χ1) is 12.0. The van der Waals surface area contributed by atoms with E-state index >= 15 is 0 Å². The second-order valence-corrected chi connectivity index (χ2v) is 8.81. The summed E-state index contributed by atoms with van der Waals surface area (Å²) in [6.45, 7) is 5.03. The van der Waals surface area contributed by atoms with Gasteiger partial charge in [-0.05, 0) is 31.5 Å². The van der Waals surface area contributed by atoms with Crippen LogP contribution in [-0.4, -0.2) is 33.4 Å². The summed E-state index contributed by atoms with van der Waals surface area (Å²) in [6.07, 6.45) is 0. The molecule has 0 amide bonds. The van der Waals surface area contributed by atoms with E-state index in [1.54, 1.807) is 12.1 Å². The standard InChI is InChI=1S/C20H25NO3S/c1-3-24-14-20(13-21)18(16-7-5-4-6-8-16)19(20)25(22,23)17-11-9-15(2)10-12-17/h4-12,18-19H,3,13-14,21H2,1-2H3/t18-,19-,20+/m0/s1. The third kappa shape index (κ3) is 3.12. The van der Waals surface area contributed by atoms with Crippen LogP contribution in [0.4, 0.5) is 0 Å². The Morgan fingerprint density at radius 1 is 1.08 bits per heavy atom. The number of nitrogens with two attached hydrogens (primary N) is 1. The molecule has 0 aliphatic heterocycles. The fraction of sp³-hybridized carbons (Fsp3) is 0.400. The summed E-state index contributed by atoms with van der Waals surface area (Å²) in [4.78, 5) is 0.357. The summed E-state index contributed by atoms with van der Waals surface area (Å²) in [5.74, 6) is -0.142. The van der Waals surface area contributed by atoms with Crippen LogP contribution in [0.5, 0.6) is 0 Å². The van der Waals surface area contributed by atoms with E-state index in [1.807, 2.05) is 56.3 Å². The largest absolute Gasteiger partial charge is 0.381 e. The van der Waals surface area contributed by atoms with Crippen LogP contribution in [0, 0.1) is 12.3 Å². The summed E-state index contributed by atoms with van der Waals surface area (Å²) in [5.41, 5.74) is 7.56. The van der Waals surface area contributed by atoms with Crippen LogP contribution in [0.15, 0.2) is 59.5 Å². The van der Waals surface area contributed by atoms with Crippen molar-refractivity contribution in [2.24, 2.45) is 11.1 Å². The Morgan fingerprint density at radius 2 is 1.72 bits per heavy atom. The molecule has 134 valence electrons. The van der Waals surface area contributed by atoms with Crippen molar-refractivity contribution >= 4 is 9.84 Å². The van der Waals surface area contributed by atoms with E-state index in [9.17, 15) is 8.42 Å². The van der Waals surface area contributed by atoms with Crippen LogP contribution in [0.2, 0.25) is 0 Å². The van der Waals surface area contributed by atoms with Gasteiger partial charge in [0.15, 0.2) is 9.84 Å². The van der Waals surface area contributed by atoms with Gasteiger partial charge in [-0.1, -0.05) is 48.0 Å². The van der Waals surface area contributed by atoms with Gasteiger partial charge in [-0.25, -0.2) is 8.42 Å². The lowest BCUT2D eigenvalue weighted by molar-refractivity contribution is 0.101. The second-order valence-electron chi connectivity index (χ2n) is 6.74. The molecule has 25 heavy (non-hydrogen) atoms. The molecule has 0 saturated heterocycles. The van der Waals surface area contributed by atoms with Crippen LogP contribution >= 0.6 is 0 Å². The highest BCUT2D eigenvalue weighted by Crippen LogP contribution is 2.63. The van der Waals surface area contributed by atoms with E-state index in [4.69, 9.17) is 10.5 Å². The Kier molecular flexibility index (Phi) is 5.00. The Bertz CT molecular complexity index is 818. The minimum Gasteiger partial charge on any atom is -0.381 e. The molecule has 5 heteroatoms. The summed E-state index contributed by atoms with van der Waals surface area (Å²) in [5, 5.41) is -0.554. The lowest BCUT2D eigenvalue weighted by Crippen LogP contribution is -2.29. The maximum Gasteiger partial charge on any atom is 0.182 e. The Morgan fingerprint density at radius 3 is 2.28 bits per heavy atom. The van der Waals surface area contributed by atoms with Gasteiger partial charge in [0, 0.05) is 24.5 Å². The van der Waals surface area contributed by atoms with Crippen molar-refractivity contribution in [1.29, 1.82) is 0 Å². The van der Waals surface area contributed by atoms with Crippen molar-refractivity contribution in [3.63, 3.8) is 0 Å². The van der Waals surface area contributed by atoms with Crippen molar-refractivity contribution in [2.45, 2.75) is 29.9 Å². The number of hydrogen-bond donors (Lipinski definition) is 1. The van der Waals surface area contributed by atoms with E-state index in [0.29, 0.717) is 18.1 Å². The van der Waals surface area contributed by atoms with Crippen LogP contribution in [0.25, 0.3) is 0 Å². The smallest absolute Gasteiger partial charge is 0.182 e. The quantitative estimate of drug-likeness (QED) is 0.825. The average molecular weight is 359 g/mol. The van der Waals surface area contributed by atoms with Crippen LogP contribution in [0.1, 0.15) is 24.0 Å². The summed E-state index contributed by atoms with van der Waals surface area (Å²) in [6, 6.07) is 16.8. The fourth-order valence-corrected chi connectivity index (χ4v) is 6.19. The first-order valence-corrected chi connectivity index (χ1v) is 10.2. The monoisotopic (exact) mass is 359 g/mol. The lowest BCUT2D eigenvalue weighted by atomic mass is 10.0. The van der Waals surface area contributed by atoms with Crippen molar-refractivity contribution in [2.75, 3.05) is 19.8 Å².